The molecule has 1 spiro atoms. The first-order chi connectivity index (χ1) is 11.5. The second kappa shape index (κ2) is 6.51. The van der Waals surface area contributed by atoms with Crippen LogP contribution in [-0.2, 0) is 9.59 Å². The molecule has 0 aromatic heterocycles. The first-order valence-electron chi connectivity index (χ1n) is 8.08. The van der Waals surface area contributed by atoms with Gasteiger partial charge in [-0.3, -0.25) is 14.4 Å². The average molecular weight is 331 g/mol. The Hall–Kier alpha value is -2.57. The van der Waals surface area contributed by atoms with Gasteiger partial charge < -0.3 is 20.3 Å². The maximum absolute atomic E-state index is 12.3. The number of piperidine rings is 1. The zero-order valence-electron chi connectivity index (χ0n) is 13.6. The second-order valence-corrected chi connectivity index (χ2v) is 6.29. The van der Waals surface area contributed by atoms with Crippen molar-refractivity contribution in [3.05, 3.63) is 29.8 Å². The fourth-order valence-electron chi connectivity index (χ4n) is 3.20. The van der Waals surface area contributed by atoms with E-state index in [1.54, 1.807) is 23.1 Å². The number of rotatable bonds is 2. The van der Waals surface area contributed by atoms with Crippen molar-refractivity contribution in [3.63, 3.8) is 0 Å². The van der Waals surface area contributed by atoms with Gasteiger partial charge in [-0.15, -0.1) is 0 Å². The van der Waals surface area contributed by atoms with E-state index in [0.29, 0.717) is 30.9 Å². The number of hydrogen-bond donors (Lipinski definition) is 2. The zero-order valence-corrected chi connectivity index (χ0v) is 13.6. The number of likely N-dealkylation sites (tertiary alicyclic amines) is 1. The minimum Gasteiger partial charge on any atom is -0.483 e. The normalized spacial score (nSPS) is 22.9. The fourth-order valence-corrected chi connectivity index (χ4v) is 3.20. The lowest BCUT2D eigenvalue weighted by atomic mass is 9.92. The van der Waals surface area contributed by atoms with Crippen LogP contribution in [0.3, 0.4) is 0 Å². The van der Waals surface area contributed by atoms with Crippen LogP contribution in [0.25, 0.3) is 0 Å². The molecule has 2 aliphatic heterocycles. The Kier molecular flexibility index (Phi) is 4.42. The third-order valence-corrected chi connectivity index (χ3v) is 4.41. The standard InChI is InChI=1S/C17H21N3O4/c1-12(21)18-9-15(22)20-8-4-7-17(11-20)10-19-16(23)13-5-2-3-6-14(13)24-17/h2-3,5-6H,4,7-11H2,1H3,(H,18,21)(H,19,23)/t17-/m1/s1. The molecular formula is C17H21N3O4. The quantitative estimate of drug-likeness (QED) is 0.816. The van der Waals surface area contributed by atoms with Gasteiger partial charge in [0.2, 0.25) is 11.8 Å². The van der Waals surface area contributed by atoms with Crippen LogP contribution in [0.5, 0.6) is 5.75 Å². The van der Waals surface area contributed by atoms with E-state index in [-0.39, 0.29) is 24.3 Å². The van der Waals surface area contributed by atoms with Crippen molar-refractivity contribution in [2.45, 2.75) is 25.4 Å². The number of nitrogens with zero attached hydrogens (tertiary/aromatic N) is 1. The molecule has 2 aliphatic rings. The molecule has 2 heterocycles. The Labute approximate surface area is 140 Å². The van der Waals surface area contributed by atoms with Crippen molar-refractivity contribution in [3.8, 4) is 5.75 Å². The number of carbonyl (C=O) groups is 3. The molecule has 1 fully saturated rings. The molecule has 1 aromatic rings. The van der Waals surface area contributed by atoms with Crippen LogP contribution in [-0.4, -0.2) is 54.4 Å². The number of benzene rings is 1. The molecule has 24 heavy (non-hydrogen) atoms. The summed E-state index contributed by atoms with van der Waals surface area (Å²) >= 11 is 0. The van der Waals surface area contributed by atoms with E-state index >= 15 is 0 Å². The molecule has 2 N–H and O–H groups in total. The Morgan fingerprint density at radius 2 is 2.17 bits per heavy atom. The Morgan fingerprint density at radius 3 is 2.96 bits per heavy atom. The summed E-state index contributed by atoms with van der Waals surface area (Å²) in [7, 11) is 0. The van der Waals surface area contributed by atoms with E-state index in [1.807, 2.05) is 6.07 Å². The van der Waals surface area contributed by atoms with Gasteiger partial charge in [-0.25, -0.2) is 0 Å². The van der Waals surface area contributed by atoms with Gasteiger partial charge in [0.1, 0.15) is 11.4 Å². The fraction of sp³-hybridized carbons (Fsp3) is 0.471. The Bertz CT molecular complexity index is 676. The van der Waals surface area contributed by atoms with E-state index < -0.39 is 5.60 Å². The topological polar surface area (TPSA) is 87.7 Å². The lowest BCUT2D eigenvalue weighted by Gasteiger charge is -2.42. The van der Waals surface area contributed by atoms with Crippen molar-refractivity contribution in [2.75, 3.05) is 26.2 Å². The van der Waals surface area contributed by atoms with Crippen molar-refractivity contribution < 1.29 is 19.1 Å². The zero-order chi connectivity index (χ0) is 17.2. The molecule has 1 atom stereocenters. The van der Waals surface area contributed by atoms with Gasteiger partial charge >= 0.3 is 0 Å². The lowest BCUT2D eigenvalue weighted by molar-refractivity contribution is -0.137. The van der Waals surface area contributed by atoms with Gasteiger partial charge in [0.15, 0.2) is 0 Å². The molecular weight excluding hydrogens is 310 g/mol. The average Bonchev–Trinajstić information content (AvgIpc) is 2.70. The Balaban J connectivity index is 1.77. The van der Waals surface area contributed by atoms with Crippen LogP contribution < -0.4 is 15.4 Å². The van der Waals surface area contributed by atoms with Crippen LogP contribution in [0.4, 0.5) is 0 Å². The van der Waals surface area contributed by atoms with E-state index in [1.165, 1.54) is 6.92 Å². The molecule has 7 heteroatoms. The predicted octanol–water partition coefficient (Wildman–Crippen LogP) is 0.306. The number of nitrogens with one attached hydrogen (secondary N) is 2. The molecule has 0 bridgehead atoms. The number of ether oxygens (including phenoxy) is 1. The highest BCUT2D eigenvalue weighted by Gasteiger charge is 2.41. The van der Waals surface area contributed by atoms with Gasteiger partial charge in [-0.1, -0.05) is 12.1 Å². The molecule has 0 saturated carbocycles. The molecule has 3 rings (SSSR count). The monoisotopic (exact) mass is 331 g/mol. The summed E-state index contributed by atoms with van der Waals surface area (Å²) in [6.07, 6.45) is 1.54. The van der Waals surface area contributed by atoms with Crippen molar-refractivity contribution in [1.82, 2.24) is 15.5 Å². The van der Waals surface area contributed by atoms with Gasteiger partial charge in [-0.2, -0.15) is 0 Å². The SMILES string of the molecule is CC(=O)NCC(=O)N1CCC[C@@]2(CNC(=O)c3ccccc3O2)C1. The number of hydrogen-bond acceptors (Lipinski definition) is 4. The predicted molar refractivity (Wildman–Crippen MR) is 86.6 cm³/mol. The highest BCUT2D eigenvalue weighted by Crippen LogP contribution is 2.31. The van der Waals surface area contributed by atoms with E-state index in [2.05, 4.69) is 10.6 Å². The second-order valence-electron chi connectivity index (χ2n) is 6.29. The smallest absolute Gasteiger partial charge is 0.255 e. The van der Waals surface area contributed by atoms with Gasteiger partial charge in [0.05, 0.1) is 25.2 Å². The van der Waals surface area contributed by atoms with Gasteiger partial charge in [0, 0.05) is 13.5 Å². The molecule has 0 unspecified atom stereocenters. The molecule has 128 valence electrons. The summed E-state index contributed by atoms with van der Waals surface area (Å²) < 4.78 is 6.20. The summed E-state index contributed by atoms with van der Waals surface area (Å²) in [5.74, 6) is 0.00606. The lowest BCUT2D eigenvalue weighted by Crippen LogP contribution is -2.58. The van der Waals surface area contributed by atoms with Crippen LogP contribution in [0.1, 0.15) is 30.1 Å². The molecule has 7 nitrogen and oxygen atoms in total. The number of para-hydroxylation sites is 1. The largest absolute Gasteiger partial charge is 0.483 e. The minimum absolute atomic E-state index is 0.0195. The maximum Gasteiger partial charge on any atom is 0.255 e. The van der Waals surface area contributed by atoms with Crippen molar-refractivity contribution in [2.24, 2.45) is 0 Å². The highest BCUT2D eigenvalue weighted by molar-refractivity contribution is 5.97. The molecule has 1 aromatic carbocycles. The number of fused-ring (bicyclic) bond motifs is 1. The van der Waals surface area contributed by atoms with Crippen LogP contribution in [0.2, 0.25) is 0 Å². The number of carbonyl (C=O) groups excluding carboxylic acids is 3. The molecule has 3 amide bonds. The van der Waals surface area contributed by atoms with Gasteiger partial charge in [0.25, 0.3) is 5.91 Å². The molecule has 1 saturated heterocycles. The third-order valence-electron chi connectivity index (χ3n) is 4.41. The first kappa shape index (κ1) is 16.3. The minimum atomic E-state index is -0.633. The van der Waals surface area contributed by atoms with Crippen LogP contribution in [0, 0.1) is 0 Å². The number of amides is 3. The third kappa shape index (κ3) is 3.34. The van der Waals surface area contributed by atoms with E-state index in [4.69, 9.17) is 4.74 Å². The maximum atomic E-state index is 12.3. The molecule has 0 aliphatic carbocycles. The van der Waals surface area contributed by atoms with Crippen molar-refractivity contribution in [1.29, 1.82) is 0 Å². The van der Waals surface area contributed by atoms with Crippen molar-refractivity contribution >= 4 is 17.7 Å². The first-order valence-corrected chi connectivity index (χ1v) is 8.08. The van der Waals surface area contributed by atoms with Gasteiger partial charge in [-0.05, 0) is 25.0 Å². The Morgan fingerprint density at radius 1 is 1.38 bits per heavy atom. The molecule has 0 radical (unpaired) electrons. The van der Waals surface area contributed by atoms with E-state index in [9.17, 15) is 14.4 Å². The summed E-state index contributed by atoms with van der Waals surface area (Å²) in [4.78, 5) is 37.2. The summed E-state index contributed by atoms with van der Waals surface area (Å²) in [5.41, 5.74) is -0.122. The van der Waals surface area contributed by atoms with Crippen LogP contribution >= 0.6 is 0 Å². The summed E-state index contributed by atoms with van der Waals surface area (Å²) in [6.45, 7) is 2.73. The highest BCUT2D eigenvalue weighted by atomic mass is 16.5. The van der Waals surface area contributed by atoms with E-state index in [0.717, 1.165) is 12.8 Å². The summed E-state index contributed by atoms with van der Waals surface area (Å²) in [6, 6.07) is 7.13. The summed E-state index contributed by atoms with van der Waals surface area (Å²) in [5, 5.41) is 5.43. The van der Waals surface area contributed by atoms with Crippen LogP contribution in [0.15, 0.2) is 24.3 Å².